The van der Waals surface area contributed by atoms with E-state index in [1.165, 1.54) is 4.88 Å². The Morgan fingerprint density at radius 2 is 1.80 bits per heavy atom. The predicted molar refractivity (Wildman–Crippen MR) is 119 cm³/mol. The molecule has 1 N–H and O–H groups in total. The van der Waals surface area contributed by atoms with Gasteiger partial charge in [-0.2, -0.15) is 0 Å². The predicted octanol–water partition coefficient (Wildman–Crippen LogP) is 4.13. The van der Waals surface area contributed by atoms with Crippen LogP contribution in [0, 0.1) is 0 Å². The van der Waals surface area contributed by atoms with Crippen molar-refractivity contribution < 1.29 is 14.3 Å². The summed E-state index contributed by atoms with van der Waals surface area (Å²) in [4.78, 5) is 16.4. The lowest BCUT2D eigenvalue weighted by Crippen LogP contribution is -2.43. The minimum absolute atomic E-state index is 0.0700. The molecule has 1 fully saturated rings. The van der Waals surface area contributed by atoms with Crippen molar-refractivity contribution in [2.75, 3.05) is 32.8 Å². The van der Waals surface area contributed by atoms with Gasteiger partial charge in [0, 0.05) is 30.1 Å². The molecule has 6 heteroatoms. The number of morpholine rings is 1. The number of carbonyl (C=O) groups is 1. The van der Waals surface area contributed by atoms with Crippen LogP contribution < -0.4 is 10.1 Å². The quantitative estimate of drug-likeness (QED) is 0.593. The third-order valence-electron chi connectivity index (χ3n) is 5.18. The average molecular weight is 423 g/mol. The maximum Gasteiger partial charge on any atom is 0.251 e. The molecule has 0 radical (unpaired) electrons. The first kappa shape index (κ1) is 20.6. The summed E-state index contributed by atoms with van der Waals surface area (Å²) < 4.78 is 11.3. The van der Waals surface area contributed by atoms with Gasteiger partial charge in [-0.1, -0.05) is 36.4 Å². The van der Waals surface area contributed by atoms with E-state index in [2.05, 4.69) is 27.7 Å². The summed E-state index contributed by atoms with van der Waals surface area (Å²) in [6.45, 7) is 4.32. The van der Waals surface area contributed by atoms with E-state index in [1.54, 1.807) is 11.3 Å². The molecule has 2 aromatic carbocycles. The van der Waals surface area contributed by atoms with E-state index in [-0.39, 0.29) is 11.9 Å². The molecule has 1 aliphatic heterocycles. The highest BCUT2D eigenvalue weighted by molar-refractivity contribution is 7.10. The van der Waals surface area contributed by atoms with Crippen molar-refractivity contribution >= 4 is 17.2 Å². The van der Waals surface area contributed by atoms with Crippen molar-refractivity contribution in [3.8, 4) is 5.75 Å². The molecule has 2 heterocycles. The van der Waals surface area contributed by atoms with Crippen LogP contribution in [0.5, 0.6) is 5.75 Å². The van der Waals surface area contributed by atoms with Crippen LogP contribution in [0.15, 0.2) is 72.1 Å². The standard InChI is InChI=1S/C24H26N2O3S/c27-24(20-8-10-21(11-9-20)29-18-19-5-2-1-3-6-19)25-17-22(23-7-4-16-30-23)26-12-14-28-15-13-26/h1-11,16,22H,12-15,17-18H2,(H,25,27)/t22-/m1/s1. The molecule has 0 saturated carbocycles. The molecule has 1 aromatic heterocycles. The number of thiophene rings is 1. The third-order valence-corrected chi connectivity index (χ3v) is 6.15. The van der Waals surface area contributed by atoms with E-state index in [1.807, 2.05) is 54.6 Å². The molecule has 0 bridgehead atoms. The Morgan fingerprint density at radius 1 is 1.03 bits per heavy atom. The Bertz CT molecular complexity index is 907. The summed E-state index contributed by atoms with van der Waals surface area (Å²) in [7, 11) is 0. The van der Waals surface area contributed by atoms with Crippen molar-refractivity contribution in [3.05, 3.63) is 88.1 Å². The van der Waals surface area contributed by atoms with Crippen LogP contribution in [0.3, 0.4) is 0 Å². The zero-order valence-corrected chi connectivity index (χ0v) is 17.6. The topological polar surface area (TPSA) is 50.8 Å². The Labute approximate surface area is 181 Å². The van der Waals surface area contributed by atoms with Gasteiger partial charge in [-0.3, -0.25) is 9.69 Å². The molecule has 156 valence electrons. The number of hydrogen-bond donors (Lipinski definition) is 1. The van der Waals surface area contributed by atoms with Crippen LogP contribution in [-0.2, 0) is 11.3 Å². The van der Waals surface area contributed by atoms with E-state index in [4.69, 9.17) is 9.47 Å². The first-order valence-corrected chi connectivity index (χ1v) is 11.1. The highest BCUT2D eigenvalue weighted by Gasteiger charge is 2.24. The van der Waals surface area contributed by atoms with Crippen LogP contribution in [0.2, 0.25) is 0 Å². The van der Waals surface area contributed by atoms with E-state index in [9.17, 15) is 4.79 Å². The second-order valence-corrected chi connectivity index (χ2v) is 8.17. The van der Waals surface area contributed by atoms with Crippen LogP contribution in [0.25, 0.3) is 0 Å². The largest absolute Gasteiger partial charge is 0.489 e. The summed E-state index contributed by atoms with van der Waals surface area (Å²) in [5.41, 5.74) is 1.75. The molecule has 0 aliphatic carbocycles. The zero-order chi connectivity index (χ0) is 20.6. The fourth-order valence-electron chi connectivity index (χ4n) is 3.51. The lowest BCUT2D eigenvalue weighted by atomic mass is 10.1. The summed E-state index contributed by atoms with van der Waals surface area (Å²) in [6.07, 6.45) is 0. The maximum absolute atomic E-state index is 12.7. The highest BCUT2D eigenvalue weighted by atomic mass is 32.1. The Balaban J connectivity index is 1.33. The van der Waals surface area contributed by atoms with E-state index >= 15 is 0 Å². The Morgan fingerprint density at radius 3 is 2.50 bits per heavy atom. The van der Waals surface area contributed by atoms with Gasteiger partial charge in [-0.25, -0.2) is 0 Å². The number of hydrogen-bond acceptors (Lipinski definition) is 5. The SMILES string of the molecule is O=C(NC[C@H](c1cccs1)N1CCOCC1)c1ccc(OCc2ccccc2)cc1. The van der Waals surface area contributed by atoms with Crippen LogP contribution >= 0.6 is 11.3 Å². The normalized spacial score (nSPS) is 15.5. The lowest BCUT2D eigenvalue weighted by molar-refractivity contribution is 0.0169. The highest BCUT2D eigenvalue weighted by Crippen LogP contribution is 2.25. The second kappa shape index (κ2) is 10.4. The first-order valence-electron chi connectivity index (χ1n) is 10.2. The van der Waals surface area contributed by atoms with E-state index in [0.717, 1.165) is 37.6 Å². The number of carbonyl (C=O) groups excluding carboxylic acids is 1. The van der Waals surface area contributed by atoms with Gasteiger partial charge in [-0.15, -0.1) is 11.3 Å². The van der Waals surface area contributed by atoms with E-state index in [0.29, 0.717) is 18.7 Å². The Kier molecular flexibility index (Phi) is 7.13. The fourth-order valence-corrected chi connectivity index (χ4v) is 4.38. The van der Waals surface area contributed by atoms with Gasteiger partial charge < -0.3 is 14.8 Å². The molecule has 1 aliphatic rings. The molecule has 3 aromatic rings. The molecule has 30 heavy (non-hydrogen) atoms. The molecule has 1 atom stereocenters. The Hall–Kier alpha value is -2.67. The van der Waals surface area contributed by atoms with Crippen molar-refractivity contribution in [1.82, 2.24) is 10.2 Å². The number of nitrogens with zero attached hydrogens (tertiary/aromatic N) is 1. The number of amides is 1. The minimum atomic E-state index is -0.0700. The van der Waals surface area contributed by atoms with Gasteiger partial charge in [0.05, 0.1) is 19.3 Å². The van der Waals surface area contributed by atoms with Crippen molar-refractivity contribution in [3.63, 3.8) is 0 Å². The monoisotopic (exact) mass is 422 g/mol. The van der Waals surface area contributed by atoms with Gasteiger partial charge in [-0.05, 0) is 41.3 Å². The second-order valence-electron chi connectivity index (χ2n) is 7.19. The van der Waals surface area contributed by atoms with Crippen molar-refractivity contribution in [1.29, 1.82) is 0 Å². The number of nitrogens with one attached hydrogen (secondary N) is 1. The first-order chi connectivity index (χ1) is 14.8. The molecule has 5 nitrogen and oxygen atoms in total. The third kappa shape index (κ3) is 5.48. The van der Waals surface area contributed by atoms with Crippen molar-refractivity contribution in [2.45, 2.75) is 12.6 Å². The summed E-state index contributed by atoms with van der Waals surface area (Å²) >= 11 is 1.73. The van der Waals surface area contributed by atoms with Crippen LogP contribution in [0.4, 0.5) is 0 Å². The van der Waals surface area contributed by atoms with Gasteiger partial charge in [0.2, 0.25) is 0 Å². The minimum Gasteiger partial charge on any atom is -0.489 e. The molecule has 0 unspecified atom stereocenters. The van der Waals surface area contributed by atoms with Gasteiger partial charge >= 0.3 is 0 Å². The number of benzene rings is 2. The summed E-state index contributed by atoms with van der Waals surface area (Å²) in [5, 5.41) is 5.19. The van der Waals surface area contributed by atoms with Gasteiger partial charge in [0.25, 0.3) is 5.91 Å². The molecule has 0 spiro atoms. The molecular weight excluding hydrogens is 396 g/mol. The van der Waals surface area contributed by atoms with Gasteiger partial charge in [0.15, 0.2) is 0 Å². The maximum atomic E-state index is 12.7. The number of rotatable bonds is 8. The molecule has 4 rings (SSSR count). The molecule has 1 amide bonds. The zero-order valence-electron chi connectivity index (χ0n) is 16.8. The smallest absolute Gasteiger partial charge is 0.251 e. The number of ether oxygens (including phenoxy) is 2. The van der Waals surface area contributed by atoms with Crippen molar-refractivity contribution in [2.24, 2.45) is 0 Å². The summed E-state index contributed by atoms with van der Waals surface area (Å²) in [6, 6.07) is 21.7. The van der Waals surface area contributed by atoms with E-state index < -0.39 is 0 Å². The van der Waals surface area contributed by atoms with Crippen LogP contribution in [0.1, 0.15) is 26.8 Å². The average Bonchev–Trinajstić information content (AvgIpc) is 3.34. The van der Waals surface area contributed by atoms with Gasteiger partial charge in [0.1, 0.15) is 12.4 Å². The molecule has 1 saturated heterocycles. The van der Waals surface area contributed by atoms with Crippen LogP contribution in [-0.4, -0.2) is 43.7 Å². The molecular formula is C24H26N2O3S. The lowest BCUT2D eigenvalue weighted by Gasteiger charge is -2.34. The summed E-state index contributed by atoms with van der Waals surface area (Å²) in [5.74, 6) is 0.680. The fraction of sp³-hybridized carbons (Fsp3) is 0.292.